The Kier molecular flexibility index (Phi) is 5.45. The molecule has 2 aromatic rings. The smallest absolute Gasteiger partial charge is 0.241 e. The van der Waals surface area contributed by atoms with Crippen LogP contribution in [0.3, 0.4) is 0 Å². The first-order valence-electron chi connectivity index (χ1n) is 6.21. The predicted molar refractivity (Wildman–Crippen MR) is 80.1 cm³/mol. The lowest BCUT2D eigenvalue weighted by atomic mass is 10.2. The number of hydrogen-bond donors (Lipinski definition) is 2. The second kappa shape index (κ2) is 7.12. The second-order valence-corrected chi connectivity index (χ2v) is 6.87. The number of benzene rings is 1. The van der Waals surface area contributed by atoms with Gasteiger partial charge in [-0.2, -0.15) is 4.98 Å². The first kappa shape index (κ1) is 16.1. The third kappa shape index (κ3) is 4.34. The Bertz CT molecular complexity index is 689. The summed E-state index contributed by atoms with van der Waals surface area (Å²) in [5.41, 5.74) is 0.995. The number of nitrogens with one attached hydrogen (secondary N) is 2. The standard InChI is InChI=1S/C12H15BrN4O3S/c1-14-7-9-2-3-11(10(13)6-9)21(18,19)17-5-4-12-15-8-16-20-12/h2-3,6,8,14,17H,4-5,7H2,1H3. The molecule has 0 saturated carbocycles. The van der Waals surface area contributed by atoms with Gasteiger partial charge >= 0.3 is 0 Å². The Hall–Kier alpha value is -1.29. The van der Waals surface area contributed by atoms with E-state index >= 15 is 0 Å². The summed E-state index contributed by atoms with van der Waals surface area (Å²) in [7, 11) is -1.75. The summed E-state index contributed by atoms with van der Waals surface area (Å²) >= 11 is 3.30. The molecule has 0 aliphatic heterocycles. The molecule has 0 atom stereocenters. The molecule has 114 valence electrons. The maximum Gasteiger partial charge on any atom is 0.241 e. The molecule has 0 fully saturated rings. The molecule has 2 N–H and O–H groups in total. The fourth-order valence-electron chi connectivity index (χ4n) is 1.75. The van der Waals surface area contributed by atoms with Crippen LogP contribution in [0.4, 0.5) is 0 Å². The van der Waals surface area contributed by atoms with Crippen LogP contribution in [0.1, 0.15) is 11.5 Å². The van der Waals surface area contributed by atoms with Gasteiger partial charge in [-0.25, -0.2) is 13.1 Å². The van der Waals surface area contributed by atoms with Crippen LogP contribution in [0.5, 0.6) is 0 Å². The Labute approximate surface area is 131 Å². The molecule has 0 spiro atoms. The molecule has 0 radical (unpaired) electrons. The molecule has 0 amide bonds. The average Bonchev–Trinajstić information content (AvgIpc) is 2.92. The zero-order valence-electron chi connectivity index (χ0n) is 11.3. The van der Waals surface area contributed by atoms with Crippen LogP contribution < -0.4 is 10.0 Å². The zero-order valence-corrected chi connectivity index (χ0v) is 13.7. The molecule has 0 aliphatic rings. The number of sulfonamides is 1. The molecule has 0 bridgehead atoms. The summed E-state index contributed by atoms with van der Waals surface area (Å²) in [6.45, 7) is 0.860. The van der Waals surface area contributed by atoms with Gasteiger partial charge in [-0.15, -0.1) is 0 Å². The number of nitrogens with zero attached hydrogens (tertiary/aromatic N) is 2. The normalized spacial score (nSPS) is 11.7. The lowest BCUT2D eigenvalue weighted by Gasteiger charge is -2.09. The van der Waals surface area contributed by atoms with Gasteiger partial charge in [-0.05, 0) is 40.7 Å². The number of halogens is 1. The predicted octanol–water partition coefficient (Wildman–Crippen LogP) is 1.07. The third-order valence-electron chi connectivity index (χ3n) is 2.70. The molecular formula is C12H15BrN4O3S. The van der Waals surface area contributed by atoms with E-state index in [1.807, 2.05) is 7.05 Å². The maximum absolute atomic E-state index is 12.2. The van der Waals surface area contributed by atoms with E-state index in [0.717, 1.165) is 5.56 Å². The molecule has 2 rings (SSSR count). The van der Waals surface area contributed by atoms with Crippen LogP contribution in [-0.4, -0.2) is 32.2 Å². The molecule has 0 aliphatic carbocycles. The van der Waals surface area contributed by atoms with E-state index in [2.05, 4.69) is 36.1 Å². The summed E-state index contributed by atoms with van der Waals surface area (Å²) in [5.74, 6) is 0.390. The fraction of sp³-hybridized carbons (Fsp3) is 0.333. The van der Waals surface area contributed by atoms with Crippen molar-refractivity contribution in [2.45, 2.75) is 17.9 Å². The highest BCUT2D eigenvalue weighted by atomic mass is 79.9. The SMILES string of the molecule is CNCc1ccc(S(=O)(=O)NCCc2ncno2)c(Br)c1. The quantitative estimate of drug-likeness (QED) is 0.752. The molecule has 1 aromatic heterocycles. The molecule has 9 heteroatoms. The van der Waals surface area contributed by atoms with Crippen molar-refractivity contribution in [2.75, 3.05) is 13.6 Å². The van der Waals surface area contributed by atoms with Crippen molar-refractivity contribution in [1.82, 2.24) is 20.2 Å². The van der Waals surface area contributed by atoms with E-state index in [-0.39, 0.29) is 11.4 Å². The maximum atomic E-state index is 12.2. The van der Waals surface area contributed by atoms with Crippen LogP contribution in [0, 0.1) is 0 Å². The van der Waals surface area contributed by atoms with Crippen LogP contribution >= 0.6 is 15.9 Å². The van der Waals surface area contributed by atoms with Gasteiger partial charge in [-0.3, -0.25) is 0 Å². The van der Waals surface area contributed by atoms with Crippen molar-refractivity contribution in [2.24, 2.45) is 0 Å². The van der Waals surface area contributed by atoms with Crippen molar-refractivity contribution >= 4 is 26.0 Å². The second-order valence-electron chi connectivity index (χ2n) is 4.28. The zero-order chi connectivity index (χ0) is 15.3. The highest BCUT2D eigenvalue weighted by Crippen LogP contribution is 2.23. The number of aromatic nitrogens is 2. The molecule has 0 saturated heterocycles. The Balaban J connectivity index is 2.04. The molecule has 21 heavy (non-hydrogen) atoms. The number of rotatable bonds is 7. The number of hydrogen-bond acceptors (Lipinski definition) is 6. The van der Waals surface area contributed by atoms with E-state index in [0.29, 0.717) is 23.3 Å². The Morgan fingerprint density at radius 3 is 2.81 bits per heavy atom. The minimum Gasteiger partial charge on any atom is -0.340 e. The first-order valence-corrected chi connectivity index (χ1v) is 8.49. The van der Waals surface area contributed by atoms with Gasteiger partial charge in [0.05, 0.1) is 4.90 Å². The van der Waals surface area contributed by atoms with E-state index in [9.17, 15) is 8.42 Å². The van der Waals surface area contributed by atoms with Crippen molar-refractivity contribution in [1.29, 1.82) is 0 Å². The van der Waals surface area contributed by atoms with Gasteiger partial charge < -0.3 is 9.84 Å². The van der Waals surface area contributed by atoms with Crippen LogP contribution in [-0.2, 0) is 23.0 Å². The van der Waals surface area contributed by atoms with Gasteiger partial charge in [0.15, 0.2) is 6.33 Å². The van der Waals surface area contributed by atoms with Crippen molar-refractivity contribution in [3.05, 3.63) is 40.5 Å². The minimum atomic E-state index is -3.58. The highest BCUT2D eigenvalue weighted by molar-refractivity contribution is 9.10. The fourth-order valence-corrected chi connectivity index (χ4v) is 3.91. The molecule has 0 unspecified atom stereocenters. The van der Waals surface area contributed by atoms with Gasteiger partial charge in [-0.1, -0.05) is 11.2 Å². The Morgan fingerprint density at radius 1 is 1.38 bits per heavy atom. The van der Waals surface area contributed by atoms with Crippen LogP contribution in [0.15, 0.2) is 38.4 Å². The largest absolute Gasteiger partial charge is 0.340 e. The lowest BCUT2D eigenvalue weighted by Crippen LogP contribution is -2.26. The van der Waals surface area contributed by atoms with Crippen LogP contribution in [0.2, 0.25) is 0 Å². The molecule has 7 nitrogen and oxygen atoms in total. The highest BCUT2D eigenvalue weighted by Gasteiger charge is 2.17. The minimum absolute atomic E-state index is 0.190. The first-order chi connectivity index (χ1) is 10.0. The molecule has 1 aromatic carbocycles. The Morgan fingerprint density at radius 2 is 2.19 bits per heavy atom. The monoisotopic (exact) mass is 374 g/mol. The molecule has 1 heterocycles. The van der Waals surface area contributed by atoms with Crippen molar-refractivity contribution in [3.8, 4) is 0 Å². The molecular weight excluding hydrogens is 360 g/mol. The van der Waals surface area contributed by atoms with Gasteiger partial charge in [0.25, 0.3) is 0 Å². The van der Waals surface area contributed by atoms with Crippen LogP contribution in [0.25, 0.3) is 0 Å². The van der Waals surface area contributed by atoms with Gasteiger partial charge in [0, 0.05) is 24.0 Å². The summed E-state index contributed by atoms with van der Waals surface area (Å²) in [6.07, 6.45) is 1.62. The van der Waals surface area contributed by atoms with Gasteiger partial charge in [0.2, 0.25) is 15.9 Å². The summed E-state index contributed by atoms with van der Waals surface area (Å²) in [6, 6.07) is 5.13. The summed E-state index contributed by atoms with van der Waals surface area (Å²) < 4.78 is 32.3. The van der Waals surface area contributed by atoms with E-state index in [1.54, 1.807) is 18.2 Å². The van der Waals surface area contributed by atoms with Crippen molar-refractivity contribution < 1.29 is 12.9 Å². The average molecular weight is 375 g/mol. The van der Waals surface area contributed by atoms with E-state index in [4.69, 9.17) is 4.52 Å². The summed E-state index contributed by atoms with van der Waals surface area (Å²) in [5, 5.41) is 6.47. The summed E-state index contributed by atoms with van der Waals surface area (Å²) in [4.78, 5) is 4.03. The van der Waals surface area contributed by atoms with Gasteiger partial charge in [0.1, 0.15) is 0 Å². The van der Waals surface area contributed by atoms with E-state index < -0.39 is 10.0 Å². The lowest BCUT2D eigenvalue weighted by molar-refractivity contribution is 0.377. The van der Waals surface area contributed by atoms with Crippen molar-refractivity contribution in [3.63, 3.8) is 0 Å². The third-order valence-corrected chi connectivity index (χ3v) is 5.14. The topological polar surface area (TPSA) is 97.1 Å². The van der Waals surface area contributed by atoms with E-state index in [1.165, 1.54) is 6.33 Å².